The lowest BCUT2D eigenvalue weighted by atomic mass is 9.67. The van der Waals surface area contributed by atoms with Crippen LogP contribution < -0.4 is 5.32 Å². The van der Waals surface area contributed by atoms with Crippen molar-refractivity contribution in [3.63, 3.8) is 0 Å². The zero-order valence-corrected chi connectivity index (χ0v) is 27.7. The van der Waals surface area contributed by atoms with Crippen LogP contribution in [0.2, 0.25) is 0 Å². The van der Waals surface area contributed by atoms with Gasteiger partial charge >= 0.3 is 0 Å². The Hall–Kier alpha value is -2.52. The van der Waals surface area contributed by atoms with Gasteiger partial charge in [0.1, 0.15) is 5.92 Å². The largest absolute Gasteiger partial charge is 0.345 e. The fourth-order valence-electron chi connectivity index (χ4n) is 8.89. The molecule has 1 spiro atoms. The molecule has 0 unspecified atom stereocenters. The Bertz CT molecular complexity index is 1600. The van der Waals surface area contributed by atoms with Gasteiger partial charge < -0.3 is 10.2 Å². The molecule has 0 aromatic heterocycles. The van der Waals surface area contributed by atoms with Crippen LogP contribution in [-0.2, 0) is 26.8 Å². The normalized spacial score (nSPS) is 28.2. The number of fused-ring (bicyclic) bond motifs is 2. The molecule has 7 rings (SSSR count). The molecule has 1 saturated carbocycles. The minimum absolute atomic E-state index is 0.230. The van der Waals surface area contributed by atoms with E-state index in [1.807, 2.05) is 6.07 Å². The SMILES string of the molecule is O=C([C@@H]1C[NH2+]C[C@]12CN(S(=O)(=O)c1ccccc1)Cc1cc(Br)ccc12)N1CC[C@@H](c2ccccc2)C[C@H]1C1CCCCC1. The van der Waals surface area contributed by atoms with E-state index in [0.717, 1.165) is 35.0 Å². The first-order valence-corrected chi connectivity index (χ1v) is 18.6. The number of hydrogen-bond acceptors (Lipinski definition) is 3. The smallest absolute Gasteiger partial charge is 0.243 e. The minimum Gasteiger partial charge on any atom is -0.345 e. The summed E-state index contributed by atoms with van der Waals surface area (Å²) < 4.78 is 30.6. The van der Waals surface area contributed by atoms with Crippen molar-refractivity contribution in [3.05, 3.63) is 100 Å². The highest BCUT2D eigenvalue weighted by molar-refractivity contribution is 9.10. The van der Waals surface area contributed by atoms with Crippen molar-refractivity contribution >= 4 is 31.9 Å². The molecule has 44 heavy (non-hydrogen) atoms. The number of rotatable bonds is 5. The van der Waals surface area contributed by atoms with E-state index in [2.05, 4.69) is 74.7 Å². The lowest BCUT2D eigenvalue weighted by molar-refractivity contribution is -0.640. The van der Waals surface area contributed by atoms with E-state index in [1.54, 1.807) is 28.6 Å². The van der Waals surface area contributed by atoms with Crippen molar-refractivity contribution in [2.45, 2.75) is 73.8 Å². The summed E-state index contributed by atoms with van der Waals surface area (Å²) in [6, 6.07) is 26.1. The van der Waals surface area contributed by atoms with Crippen LogP contribution in [0.5, 0.6) is 0 Å². The van der Waals surface area contributed by atoms with Gasteiger partial charge in [-0.3, -0.25) is 4.79 Å². The molecule has 3 aromatic rings. The Labute approximate surface area is 270 Å². The Morgan fingerprint density at radius 1 is 0.909 bits per heavy atom. The highest BCUT2D eigenvalue weighted by atomic mass is 79.9. The van der Waals surface area contributed by atoms with Gasteiger partial charge in [-0.2, -0.15) is 4.31 Å². The predicted molar refractivity (Wildman–Crippen MR) is 176 cm³/mol. The number of likely N-dealkylation sites (tertiary alicyclic amines) is 1. The molecule has 2 saturated heterocycles. The zero-order valence-electron chi connectivity index (χ0n) is 25.3. The summed E-state index contributed by atoms with van der Waals surface area (Å²) in [4.78, 5) is 17.6. The fraction of sp³-hybridized carbons (Fsp3) is 0.472. The Kier molecular flexibility index (Phi) is 8.46. The fourth-order valence-corrected chi connectivity index (χ4v) is 10.8. The Morgan fingerprint density at radius 2 is 1.64 bits per heavy atom. The minimum atomic E-state index is -3.74. The average molecular weight is 678 g/mol. The third-order valence-electron chi connectivity index (χ3n) is 11.1. The van der Waals surface area contributed by atoms with E-state index >= 15 is 4.79 Å². The molecule has 4 aliphatic rings. The number of carbonyl (C=O) groups is 1. The van der Waals surface area contributed by atoms with Crippen molar-refractivity contribution in [2.75, 3.05) is 26.2 Å². The first kappa shape index (κ1) is 30.2. The van der Waals surface area contributed by atoms with Gasteiger partial charge in [-0.1, -0.05) is 89.8 Å². The summed E-state index contributed by atoms with van der Waals surface area (Å²) in [7, 11) is -3.74. The first-order chi connectivity index (χ1) is 21.4. The lowest BCUT2D eigenvalue weighted by Gasteiger charge is -2.48. The van der Waals surface area contributed by atoms with Gasteiger partial charge in [0.2, 0.25) is 15.9 Å². The van der Waals surface area contributed by atoms with Gasteiger partial charge in [-0.05, 0) is 78.5 Å². The van der Waals surface area contributed by atoms with Gasteiger partial charge in [0.05, 0.1) is 23.4 Å². The van der Waals surface area contributed by atoms with Gasteiger partial charge in [-0.15, -0.1) is 0 Å². The molecule has 3 heterocycles. The van der Waals surface area contributed by atoms with Crippen LogP contribution in [-0.4, -0.2) is 55.8 Å². The standard InChI is InChI=1S/C36H42BrN3O3S/c37-30-16-17-32-29(20-30)23-39(44(42,43)31-14-8-3-9-15-31)25-36(32)24-38-22-33(36)35(41)40-19-18-28(26-10-4-1-5-11-26)21-34(40)27-12-6-2-7-13-27/h1,3-5,8-11,14-17,20,27-28,33-34,38H,2,6-7,12-13,18-19,21-25H2/p+1/t28-,33+,34+,36-/m1/s1. The third-order valence-corrected chi connectivity index (χ3v) is 13.4. The number of carbonyl (C=O) groups excluding carboxylic acids is 1. The van der Waals surface area contributed by atoms with E-state index in [-0.39, 0.29) is 17.9 Å². The Morgan fingerprint density at radius 3 is 2.39 bits per heavy atom. The van der Waals surface area contributed by atoms with Crippen molar-refractivity contribution in [1.29, 1.82) is 0 Å². The lowest BCUT2D eigenvalue weighted by Crippen LogP contribution is -2.83. The van der Waals surface area contributed by atoms with Crippen molar-refractivity contribution < 1.29 is 18.5 Å². The van der Waals surface area contributed by atoms with Crippen LogP contribution in [0.1, 0.15) is 67.6 Å². The third kappa shape index (κ3) is 5.46. The van der Waals surface area contributed by atoms with E-state index in [0.29, 0.717) is 42.9 Å². The van der Waals surface area contributed by atoms with E-state index < -0.39 is 15.4 Å². The second kappa shape index (κ2) is 12.3. The molecular weight excluding hydrogens is 634 g/mol. The van der Waals surface area contributed by atoms with Crippen LogP contribution in [0, 0.1) is 11.8 Å². The van der Waals surface area contributed by atoms with Crippen LogP contribution >= 0.6 is 15.9 Å². The first-order valence-electron chi connectivity index (χ1n) is 16.4. The molecule has 3 aromatic carbocycles. The number of nitrogens with two attached hydrogens (primary N) is 1. The molecule has 2 N–H and O–H groups in total. The van der Waals surface area contributed by atoms with E-state index in [9.17, 15) is 8.42 Å². The molecule has 0 bridgehead atoms. The van der Waals surface area contributed by atoms with Crippen LogP contribution in [0.25, 0.3) is 0 Å². The number of halogens is 1. The number of benzene rings is 3. The van der Waals surface area contributed by atoms with Crippen molar-refractivity contribution in [1.82, 2.24) is 9.21 Å². The monoisotopic (exact) mass is 676 g/mol. The molecule has 0 radical (unpaired) electrons. The average Bonchev–Trinajstić information content (AvgIpc) is 3.48. The molecule has 232 valence electrons. The maximum atomic E-state index is 15.0. The summed E-state index contributed by atoms with van der Waals surface area (Å²) >= 11 is 3.64. The van der Waals surface area contributed by atoms with Crippen molar-refractivity contribution in [2.24, 2.45) is 11.8 Å². The van der Waals surface area contributed by atoms with Gasteiger partial charge in [-0.25, -0.2) is 8.42 Å². The zero-order chi connectivity index (χ0) is 30.3. The number of hydrogen-bond donors (Lipinski definition) is 1. The molecule has 3 fully saturated rings. The van der Waals surface area contributed by atoms with Crippen LogP contribution in [0.15, 0.2) is 88.2 Å². The topological polar surface area (TPSA) is 74.3 Å². The number of piperidine rings is 1. The van der Waals surface area contributed by atoms with Gasteiger partial charge in [0.15, 0.2) is 0 Å². The van der Waals surface area contributed by atoms with Crippen molar-refractivity contribution in [3.8, 4) is 0 Å². The summed E-state index contributed by atoms with van der Waals surface area (Å²) in [5.41, 5.74) is 2.94. The molecule has 1 amide bonds. The number of quaternary nitrogens is 1. The predicted octanol–water partition coefficient (Wildman–Crippen LogP) is 5.44. The maximum Gasteiger partial charge on any atom is 0.243 e. The quantitative estimate of drug-likeness (QED) is 0.391. The highest BCUT2D eigenvalue weighted by Gasteiger charge is 2.58. The highest BCUT2D eigenvalue weighted by Crippen LogP contribution is 2.46. The molecule has 8 heteroatoms. The summed E-state index contributed by atoms with van der Waals surface area (Å²) in [5.74, 6) is 0.949. The van der Waals surface area contributed by atoms with Crippen LogP contribution in [0.3, 0.4) is 0 Å². The number of sulfonamides is 1. The number of amides is 1. The molecule has 6 nitrogen and oxygen atoms in total. The van der Waals surface area contributed by atoms with Gasteiger partial charge in [0, 0.05) is 30.1 Å². The summed E-state index contributed by atoms with van der Waals surface area (Å²) in [6.07, 6.45) is 8.15. The maximum absolute atomic E-state index is 15.0. The molecule has 3 aliphatic heterocycles. The summed E-state index contributed by atoms with van der Waals surface area (Å²) in [6.45, 7) is 2.78. The molecule has 1 aliphatic carbocycles. The van der Waals surface area contributed by atoms with Crippen LogP contribution in [0.4, 0.5) is 0 Å². The second-order valence-electron chi connectivity index (χ2n) is 13.5. The Balaban J connectivity index is 1.24. The molecule has 4 atom stereocenters. The van der Waals surface area contributed by atoms with E-state index in [1.165, 1.54) is 37.7 Å². The molecular formula is C36H43BrN3O3S+. The number of nitrogens with zero attached hydrogens (tertiary/aromatic N) is 2. The summed E-state index contributed by atoms with van der Waals surface area (Å²) in [5, 5.41) is 2.25. The second-order valence-corrected chi connectivity index (χ2v) is 16.3. The van der Waals surface area contributed by atoms with E-state index in [4.69, 9.17) is 0 Å². The van der Waals surface area contributed by atoms with Gasteiger partial charge in [0.25, 0.3) is 0 Å².